The minimum atomic E-state index is -0.600. The number of carboxylic acids is 1. The number of hydrogen-bond acceptors (Lipinski definition) is 1. The van der Waals surface area contributed by atoms with Gasteiger partial charge in [0.25, 0.3) is 0 Å². The Bertz CT molecular complexity index is 240. The molecule has 0 heterocycles. The van der Waals surface area contributed by atoms with E-state index >= 15 is 0 Å². The molecule has 0 aliphatic heterocycles. The third-order valence-electron chi connectivity index (χ3n) is 4.28. The molecule has 0 radical (unpaired) electrons. The fourth-order valence-corrected chi connectivity index (χ4v) is 4.45. The summed E-state index contributed by atoms with van der Waals surface area (Å²) < 4.78 is 0. The summed E-state index contributed by atoms with van der Waals surface area (Å²) in [6.07, 6.45) is 6.50. The molecule has 15 heavy (non-hydrogen) atoms. The molecule has 2 saturated carbocycles. The van der Waals surface area contributed by atoms with Gasteiger partial charge in [-0.25, -0.2) is 0 Å². The zero-order valence-electron chi connectivity index (χ0n) is 9.83. The molecule has 0 aromatic heterocycles. The van der Waals surface area contributed by atoms with Crippen LogP contribution in [0.25, 0.3) is 0 Å². The van der Waals surface area contributed by atoms with Crippen molar-refractivity contribution < 1.29 is 9.90 Å². The van der Waals surface area contributed by atoms with Crippen LogP contribution >= 0.6 is 0 Å². The summed E-state index contributed by atoms with van der Waals surface area (Å²) in [5, 5.41) is 9.04. The quantitative estimate of drug-likeness (QED) is 0.759. The number of aliphatic carboxylic acids is 1. The molecule has 2 bridgehead atoms. The molecule has 0 saturated heterocycles. The maximum Gasteiger partial charge on any atom is 0.303 e. The second kappa shape index (κ2) is 3.80. The van der Waals surface area contributed by atoms with Crippen LogP contribution in [0.2, 0.25) is 0 Å². The summed E-state index contributed by atoms with van der Waals surface area (Å²) in [5.74, 6) is 1.67. The van der Waals surface area contributed by atoms with E-state index in [0.717, 1.165) is 30.6 Å². The minimum absolute atomic E-state index is 0.145. The molecular weight excluding hydrogens is 188 g/mol. The Balaban J connectivity index is 2.15. The molecule has 2 atom stereocenters. The lowest BCUT2D eigenvalue weighted by Gasteiger charge is -2.49. The molecule has 2 nitrogen and oxygen atoms in total. The van der Waals surface area contributed by atoms with Gasteiger partial charge in [-0.2, -0.15) is 0 Å². The van der Waals surface area contributed by atoms with Crippen molar-refractivity contribution in [2.75, 3.05) is 0 Å². The number of fused-ring (bicyclic) bond motifs is 2. The predicted octanol–water partition coefficient (Wildman–Crippen LogP) is 3.31. The minimum Gasteiger partial charge on any atom is -0.481 e. The molecule has 0 amide bonds. The molecular formula is C13H22O2. The Morgan fingerprint density at radius 3 is 2.20 bits per heavy atom. The average Bonchev–Trinajstić information content (AvgIpc) is 1.96. The Kier molecular flexibility index (Phi) is 2.78. The van der Waals surface area contributed by atoms with E-state index in [2.05, 4.69) is 13.8 Å². The number of carboxylic acid groups (broad SMARTS) is 1. The highest BCUT2D eigenvalue weighted by molar-refractivity contribution is 5.67. The van der Waals surface area contributed by atoms with Gasteiger partial charge in [-0.05, 0) is 55.3 Å². The van der Waals surface area contributed by atoms with Crippen LogP contribution in [0.3, 0.4) is 0 Å². The van der Waals surface area contributed by atoms with Gasteiger partial charge in [0.2, 0.25) is 0 Å². The highest BCUT2D eigenvalue weighted by atomic mass is 16.4. The fraction of sp³-hybridized carbons (Fsp3) is 0.923. The van der Waals surface area contributed by atoms with Gasteiger partial charge in [-0.1, -0.05) is 13.8 Å². The second-order valence-corrected chi connectivity index (χ2v) is 6.23. The van der Waals surface area contributed by atoms with Gasteiger partial charge in [0.05, 0.1) is 6.42 Å². The number of carbonyl (C=O) groups is 1. The van der Waals surface area contributed by atoms with Crippen molar-refractivity contribution in [2.45, 2.75) is 52.4 Å². The molecule has 0 spiro atoms. The van der Waals surface area contributed by atoms with Gasteiger partial charge in [0, 0.05) is 0 Å². The van der Waals surface area contributed by atoms with E-state index in [1.807, 2.05) is 0 Å². The first-order valence-corrected chi connectivity index (χ1v) is 6.21. The summed E-state index contributed by atoms with van der Waals surface area (Å²) in [5.41, 5.74) is 0.145. The van der Waals surface area contributed by atoms with Crippen molar-refractivity contribution in [1.29, 1.82) is 0 Å². The molecule has 2 aliphatic carbocycles. The molecule has 86 valence electrons. The van der Waals surface area contributed by atoms with Crippen LogP contribution in [0.4, 0.5) is 0 Å². The maximum absolute atomic E-state index is 11.0. The zero-order chi connectivity index (χ0) is 11.1. The Morgan fingerprint density at radius 1 is 1.20 bits per heavy atom. The van der Waals surface area contributed by atoms with Crippen LogP contribution in [0.5, 0.6) is 0 Å². The number of hydrogen-bond donors (Lipinski definition) is 1. The number of rotatable bonds is 2. The van der Waals surface area contributed by atoms with Gasteiger partial charge in [0.15, 0.2) is 0 Å². The van der Waals surface area contributed by atoms with Gasteiger partial charge >= 0.3 is 5.97 Å². The van der Waals surface area contributed by atoms with Crippen molar-refractivity contribution in [2.24, 2.45) is 23.2 Å². The Labute approximate surface area is 92.1 Å². The van der Waals surface area contributed by atoms with Crippen LogP contribution < -0.4 is 0 Å². The monoisotopic (exact) mass is 210 g/mol. The first-order chi connectivity index (χ1) is 6.99. The van der Waals surface area contributed by atoms with Crippen molar-refractivity contribution in [3.63, 3.8) is 0 Å². The van der Waals surface area contributed by atoms with E-state index < -0.39 is 5.97 Å². The molecule has 0 aromatic carbocycles. The largest absolute Gasteiger partial charge is 0.481 e. The first kappa shape index (κ1) is 11.0. The van der Waals surface area contributed by atoms with Gasteiger partial charge in [0.1, 0.15) is 0 Å². The molecule has 2 fully saturated rings. The van der Waals surface area contributed by atoms with Crippen molar-refractivity contribution in [3.05, 3.63) is 0 Å². The fourth-order valence-electron chi connectivity index (χ4n) is 4.45. The summed E-state index contributed by atoms with van der Waals surface area (Å²) in [4.78, 5) is 11.0. The molecule has 2 aliphatic rings. The molecule has 2 unspecified atom stereocenters. The summed E-state index contributed by atoms with van der Waals surface area (Å²) >= 11 is 0. The van der Waals surface area contributed by atoms with E-state index in [9.17, 15) is 4.79 Å². The van der Waals surface area contributed by atoms with Crippen LogP contribution in [0.1, 0.15) is 52.4 Å². The summed E-state index contributed by atoms with van der Waals surface area (Å²) in [6, 6.07) is 0. The van der Waals surface area contributed by atoms with Crippen LogP contribution in [0.15, 0.2) is 0 Å². The highest BCUT2D eigenvalue weighted by Gasteiger charge is 2.45. The van der Waals surface area contributed by atoms with Gasteiger partial charge in [-0.15, -0.1) is 0 Å². The van der Waals surface area contributed by atoms with E-state index in [1.165, 1.54) is 19.3 Å². The maximum atomic E-state index is 11.0. The lowest BCUT2D eigenvalue weighted by molar-refractivity contribution is -0.142. The van der Waals surface area contributed by atoms with Gasteiger partial charge < -0.3 is 5.11 Å². The first-order valence-electron chi connectivity index (χ1n) is 6.21. The zero-order valence-corrected chi connectivity index (χ0v) is 9.83. The third-order valence-corrected chi connectivity index (χ3v) is 4.28. The highest BCUT2D eigenvalue weighted by Crippen LogP contribution is 2.54. The van der Waals surface area contributed by atoms with Crippen LogP contribution in [0, 0.1) is 23.2 Å². The van der Waals surface area contributed by atoms with E-state index in [4.69, 9.17) is 5.11 Å². The van der Waals surface area contributed by atoms with Crippen molar-refractivity contribution >= 4 is 5.97 Å². The third kappa shape index (κ3) is 2.35. The van der Waals surface area contributed by atoms with E-state index in [-0.39, 0.29) is 5.41 Å². The van der Waals surface area contributed by atoms with Gasteiger partial charge in [-0.3, -0.25) is 4.79 Å². The molecule has 2 rings (SSSR count). The topological polar surface area (TPSA) is 37.3 Å². The SMILES string of the molecule is CC1CC2CC(C)CC(CC(=O)O)(C1)C2. The smallest absolute Gasteiger partial charge is 0.303 e. The lowest BCUT2D eigenvalue weighted by Crippen LogP contribution is -2.40. The normalized spacial score (nSPS) is 45.1. The van der Waals surface area contributed by atoms with Crippen LogP contribution in [-0.4, -0.2) is 11.1 Å². The standard InChI is InChI=1S/C13H22O2/c1-9-3-11-4-10(2)6-13(5-9,7-11)8-12(14)15/h9-11H,3-8H2,1-2H3,(H,14,15). The second-order valence-electron chi connectivity index (χ2n) is 6.23. The lowest BCUT2D eigenvalue weighted by atomic mass is 9.56. The summed E-state index contributed by atoms with van der Waals surface area (Å²) in [6.45, 7) is 4.58. The summed E-state index contributed by atoms with van der Waals surface area (Å²) in [7, 11) is 0. The molecule has 0 aromatic rings. The van der Waals surface area contributed by atoms with E-state index in [1.54, 1.807) is 0 Å². The van der Waals surface area contributed by atoms with E-state index in [0.29, 0.717) is 6.42 Å². The Morgan fingerprint density at radius 2 is 1.73 bits per heavy atom. The molecule has 1 N–H and O–H groups in total. The van der Waals surface area contributed by atoms with Crippen LogP contribution in [-0.2, 0) is 4.79 Å². The van der Waals surface area contributed by atoms with Crippen molar-refractivity contribution in [1.82, 2.24) is 0 Å². The average molecular weight is 210 g/mol. The Hall–Kier alpha value is -0.530. The van der Waals surface area contributed by atoms with Crippen molar-refractivity contribution in [3.8, 4) is 0 Å². The molecule has 2 heteroatoms. The predicted molar refractivity (Wildman–Crippen MR) is 59.6 cm³/mol.